The van der Waals surface area contributed by atoms with Crippen LogP contribution in [0, 0.1) is 0 Å². The molecule has 2 atom stereocenters. The van der Waals surface area contributed by atoms with Crippen LogP contribution in [0.15, 0.2) is 12.4 Å². The summed E-state index contributed by atoms with van der Waals surface area (Å²) in [5, 5.41) is 7.91. The predicted octanol–water partition coefficient (Wildman–Crippen LogP) is 2.63. The maximum Gasteiger partial charge on any atom is 0.0731 e. The summed E-state index contributed by atoms with van der Waals surface area (Å²) in [5.74, 6) is 0. The van der Waals surface area contributed by atoms with Gasteiger partial charge in [0.15, 0.2) is 0 Å². The summed E-state index contributed by atoms with van der Waals surface area (Å²) < 4.78 is 7.89. The van der Waals surface area contributed by atoms with Crippen LogP contribution in [0.25, 0.3) is 0 Å². The molecule has 4 heteroatoms. The molecular weight excluding hydrogens is 238 g/mol. The van der Waals surface area contributed by atoms with Crippen LogP contribution in [0.1, 0.15) is 46.1 Å². The summed E-state index contributed by atoms with van der Waals surface area (Å²) in [6.07, 6.45) is 7.65. The van der Waals surface area contributed by atoms with Crippen molar-refractivity contribution in [1.82, 2.24) is 15.1 Å². The highest BCUT2D eigenvalue weighted by atomic mass is 16.5. The van der Waals surface area contributed by atoms with Crippen molar-refractivity contribution in [3.8, 4) is 0 Å². The lowest BCUT2D eigenvalue weighted by atomic mass is 10.00. The summed E-state index contributed by atoms with van der Waals surface area (Å²) in [5.41, 5.74) is 1.29. The Kier molecular flexibility index (Phi) is 7.75. The van der Waals surface area contributed by atoms with Crippen molar-refractivity contribution in [3.05, 3.63) is 18.0 Å². The van der Waals surface area contributed by atoms with E-state index in [2.05, 4.69) is 44.3 Å². The molecule has 0 aliphatic rings. The predicted molar refractivity (Wildman–Crippen MR) is 79.4 cm³/mol. The van der Waals surface area contributed by atoms with E-state index >= 15 is 0 Å². The van der Waals surface area contributed by atoms with Crippen molar-refractivity contribution in [2.24, 2.45) is 0 Å². The van der Waals surface area contributed by atoms with Crippen molar-refractivity contribution in [1.29, 1.82) is 0 Å². The molecule has 0 fully saturated rings. The van der Waals surface area contributed by atoms with Crippen LogP contribution in [0.4, 0.5) is 0 Å². The van der Waals surface area contributed by atoms with Crippen LogP contribution in [-0.2, 0) is 17.7 Å². The zero-order valence-corrected chi connectivity index (χ0v) is 12.9. The largest absolute Gasteiger partial charge is 0.377 e. The molecule has 0 saturated heterocycles. The minimum absolute atomic E-state index is 0.292. The van der Waals surface area contributed by atoms with Crippen LogP contribution in [0.5, 0.6) is 0 Å². The molecule has 1 aromatic rings. The third kappa shape index (κ3) is 5.33. The maximum atomic E-state index is 5.91. The quantitative estimate of drug-likeness (QED) is 0.708. The van der Waals surface area contributed by atoms with Gasteiger partial charge in [-0.3, -0.25) is 4.68 Å². The molecule has 110 valence electrons. The molecule has 19 heavy (non-hydrogen) atoms. The number of aromatic nitrogens is 2. The minimum Gasteiger partial charge on any atom is -0.377 e. The van der Waals surface area contributed by atoms with Crippen LogP contribution < -0.4 is 5.32 Å². The summed E-state index contributed by atoms with van der Waals surface area (Å²) in [6.45, 7) is 11.2. The monoisotopic (exact) mass is 267 g/mol. The second-order valence-corrected chi connectivity index (χ2v) is 4.86. The fraction of sp³-hybridized carbons (Fsp3) is 0.800. The van der Waals surface area contributed by atoms with Crippen LogP contribution in [-0.4, -0.2) is 35.1 Å². The molecule has 1 aromatic heterocycles. The number of ether oxygens (including phenoxy) is 1. The number of hydrogen-bond acceptors (Lipinski definition) is 3. The Labute approximate surface area is 117 Å². The normalized spacial score (nSPS) is 14.5. The highest BCUT2D eigenvalue weighted by Gasteiger charge is 2.21. The van der Waals surface area contributed by atoms with Crippen molar-refractivity contribution in [2.45, 2.75) is 65.6 Å². The summed E-state index contributed by atoms with van der Waals surface area (Å²) >= 11 is 0. The number of rotatable bonds is 10. The molecule has 1 heterocycles. The van der Waals surface area contributed by atoms with E-state index in [0.717, 1.165) is 39.0 Å². The summed E-state index contributed by atoms with van der Waals surface area (Å²) in [4.78, 5) is 0. The molecule has 4 nitrogen and oxygen atoms in total. The van der Waals surface area contributed by atoms with Gasteiger partial charge in [0.2, 0.25) is 0 Å². The van der Waals surface area contributed by atoms with Crippen molar-refractivity contribution in [3.63, 3.8) is 0 Å². The Hall–Kier alpha value is -0.870. The first-order valence-corrected chi connectivity index (χ1v) is 7.61. The van der Waals surface area contributed by atoms with E-state index in [-0.39, 0.29) is 0 Å². The summed E-state index contributed by atoms with van der Waals surface area (Å²) in [7, 11) is 0. The molecule has 0 radical (unpaired) electrons. The molecule has 2 unspecified atom stereocenters. The average molecular weight is 267 g/mol. The van der Waals surface area contributed by atoms with Gasteiger partial charge in [-0.2, -0.15) is 5.10 Å². The molecule has 0 amide bonds. The fourth-order valence-electron chi connectivity index (χ4n) is 2.44. The van der Waals surface area contributed by atoms with Gasteiger partial charge < -0.3 is 10.1 Å². The first-order valence-electron chi connectivity index (χ1n) is 7.61. The number of likely N-dealkylation sites (N-methyl/N-ethyl adjacent to an activating group) is 1. The van der Waals surface area contributed by atoms with E-state index in [1.54, 1.807) is 0 Å². The molecule has 0 aliphatic heterocycles. The number of nitrogens with one attached hydrogen (secondary N) is 1. The van der Waals surface area contributed by atoms with Gasteiger partial charge in [-0.05, 0) is 38.8 Å². The Morgan fingerprint density at radius 1 is 1.32 bits per heavy atom. The SMILES string of the molecule is CCCC(OCC)C(Cc1cnn(CC)c1)NCC. The Bertz CT molecular complexity index is 332. The minimum atomic E-state index is 0.292. The fourth-order valence-corrected chi connectivity index (χ4v) is 2.44. The van der Waals surface area contributed by atoms with E-state index in [1.165, 1.54) is 5.56 Å². The van der Waals surface area contributed by atoms with E-state index < -0.39 is 0 Å². The molecule has 0 saturated carbocycles. The Morgan fingerprint density at radius 3 is 2.63 bits per heavy atom. The van der Waals surface area contributed by atoms with Gasteiger partial charge >= 0.3 is 0 Å². The lowest BCUT2D eigenvalue weighted by Gasteiger charge is -2.27. The van der Waals surface area contributed by atoms with Gasteiger partial charge in [-0.1, -0.05) is 20.3 Å². The highest BCUT2D eigenvalue weighted by molar-refractivity contribution is 5.07. The van der Waals surface area contributed by atoms with Gasteiger partial charge in [0.1, 0.15) is 0 Å². The van der Waals surface area contributed by atoms with E-state index in [0.29, 0.717) is 12.1 Å². The lowest BCUT2D eigenvalue weighted by molar-refractivity contribution is 0.0285. The van der Waals surface area contributed by atoms with Crippen molar-refractivity contribution >= 4 is 0 Å². The van der Waals surface area contributed by atoms with Crippen LogP contribution in [0.2, 0.25) is 0 Å². The van der Waals surface area contributed by atoms with Crippen molar-refractivity contribution < 1.29 is 4.74 Å². The van der Waals surface area contributed by atoms with Crippen LogP contribution in [0.3, 0.4) is 0 Å². The van der Waals surface area contributed by atoms with Gasteiger partial charge in [0, 0.05) is 25.4 Å². The molecule has 1 N–H and O–H groups in total. The Morgan fingerprint density at radius 2 is 2.11 bits per heavy atom. The second-order valence-electron chi connectivity index (χ2n) is 4.86. The number of nitrogens with zero attached hydrogens (tertiary/aromatic N) is 2. The first kappa shape index (κ1) is 16.2. The molecule has 0 aromatic carbocycles. The van der Waals surface area contributed by atoms with Gasteiger partial charge in [0.05, 0.1) is 12.3 Å². The maximum absolute atomic E-state index is 5.91. The number of hydrogen-bond donors (Lipinski definition) is 1. The lowest BCUT2D eigenvalue weighted by Crippen LogP contribution is -2.43. The smallest absolute Gasteiger partial charge is 0.0731 e. The standard InChI is InChI=1S/C15H29N3O/c1-5-9-15(19-8-4)14(16-6-2)10-13-11-17-18(7-3)12-13/h11-12,14-16H,5-10H2,1-4H3. The van der Waals surface area contributed by atoms with Crippen LogP contribution >= 0.6 is 0 Å². The van der Waals surface area contributed by atoms with Gasteiger partial charge in [-0.15, -0.1) is 0 Å². The zero-order valence-electron chi connectivity index (χ0n) is 12.9. The second kappa shape index (κ2) is 9.10. The zero-order chi connectivity index (χ0) is 14.1. The molecule has 0 bridgehead atoms. The topological polar surface area (TPSA) is 39.1 Å². The third-order valence-corrected chi connectivity index (χ3v) is 3.34. The van der Waals surface area contributed by atoms with E-state index in [9.17, 15) is 0 Å². The first-order chi connectivity index (χ1) is 9.24. The van der Waals surface area contributed by atoms with Crippen molar-refractivity contribution in [2.75, 3.05) is 13.2 Å². The molecule has 0 spiro atoms. The number of aryl methyl sites for hydroxylation is 1. The van der Waals surface area contributed by atoms with E-state index in [4.69, 9.17) is 4.74 Å². The summed E-state index contributed by atoms with van der Waals surface area (Å²) in [6, 6.07) is 0.374. The van der Waals surface area contributed by atoms with Gasteiger partial charge in [-0.25, -0.2) is 0 Å². The van der Waals surface area contributed by atoms with E-state index in [1.807, 2.05) is 10.9 Å². The highest BCUT2D eigenvalue weighted by Crippen LogP contribution is 2.13. The molecule has 1 rings (SSSR count). The molecule has 0 aliphatic carbocycles. The average Bonchev–Trinajstić information content (AvgIpc) is 2.86. The molecular formula is C15H29N3O. The van der Waals surface area contributed by atoms with Gasteiger partial charge in [0.25, 0.3) is 0 Å². The Balaban J connectivity index is 2.68. The third-order valence-electron chi connectivity index (χ3n) is 3.34.